The number of ether oxygens (including phenoxy) is 1. The summed E-state index contributed by atoms with van der Waals surface area (Å²) in [5, 5.41) is 11.7. The minimum absolute atomic E-state index is 0.0999. The topological polar surface area (TPSA) is 75.6 Å². The van der Waals surface area contributed by atoms with Crippen LogP contribution in [-0.2, 0) is 9.59 Å². The third kappa shape index (κ3) is 5.32. The van der Waals surface area contributed by atoms with E-state index in [1.54, 1.807) is 18.2 Å². The molecule has 0 aliphatic rings. The van der Waals surface area contributed by atoms with Gasteiger partial charge in [0.15, 0.2) is 0 Å². The molecule has 0 saturated heterocycles. The lowest BCUT2D eigenvalue weighted by Gasteiger charge is -2.10. The molecule has 1 aromatic carbocycles. The van der Waals surface area contributed by atoms with Gasteiger partial charge in [0, 0.05) is 18.2 Å². The minimum atomic E-state index is -1.07. The molecule has 0 radical (unpaired) electrons. The SMILES string of the molecule is CCNC(=O)CCOc1cccc(Cl)c1/C=C/C(=O)O. The molecule has 0 fully saturated rings. The number of carbonyl (C=O) groups is 2. The summed E-state index contributed by atoms with van der Waals surface area (Å²) in [5.74, 6) is -0.727. The largest absolute Gasteiger partial charge is 0.492 e. The Hall–Kier alpha value is -2.01. The highest BCUT2D eigenvalue weighted by molar-refractivity contribution is 6.32. The molecule has 1 amide bonds. The van der Waals surface area contributed by atoms with E-state index in [1.807, 2.05) is 6.92 Å². The lowest BCUT2D eigenvalue weighted by molar-refractivity contribution is -0.131. The molecule has 1 rings (SSSR count). The number of nitrogens with one attached hydrogen (secondary N) is 1. The average molecular weight is 298 g/mol. The molecule has 5 nitrogen and oxygen atoms in total. The Bertz CT molecular complexity index is 514. The van der Waals surface area contributed by atoms with Gasteiger partial charge in [-0.2, -0.15) is 0 Å². The van der Waals surface area contributed by atoms with Gasteiger partial charge in [0.05, 0.1) is 18.1 Å². The van der Waals surface area contributed by atoms with Gasteiger partial charge in [-0.05, 0) is 25.1 Å². The first-order chi connectivity index (χ1) is 9.54. The molecule has 20 heavy (non-hydrogen) atoms. The van der Waals surface area contributed by atoms with E-state index < -0.39 is 5.97 Å². The van der Waals surface area contributed by atoms with Crippen LogP contribution in [0.5, 0.6) is 5.75 Å². The Morgan fingerprint density at radius 2 is 2.20 bits per heavy atom. The predicted octanol–water partition coefficient (Wildman–Crippen LogP) is 2.34. The fourth-order valence-electron chi connectivity index (χ4n) is 1.50. The monoisotopic (exact) mass is 297 g/mol. The molecule has 1 aromatic rings. The van der Waals surface area contributed by atoms with Crippen molar-refractivity contribution >= 4 is 29.6 Å². The molecule has 0 atom stereocenters. The van der Waals surface area contributed by atoms with Crippen LogP contribution in [0.15, 0.2) is 24.3 Å². The van der Waals surface area contributed by atoms with E-state index in [-0.39, 0.29) is 18.9 Å². The minimum Gasteiger partial charge on any atom is -0.492 e. The van der Waals surface area contributed by atoms with Crippen LogP contribution in [0.2, 0.25) is 5.02 Å². The van der Waals surface area contributed by atoms with E-state index in [9.17, 15) is 9.59 Å². The van der Waals surface area contributed by atoms with Crippen LogP contribution in [0.1, 0.15) is 18.9 Å². The van der Waals surface area contributed by atoms with Crippen molar-refractivity contribution in [3.63, 3.8) is 0 Å². The summed E-state index contributed by atoms with van der Waals surface area (Å²) in [6, 6.07) is 5.01. The van der Waals surface area contributed by atoms with Crippen molar-refractivity contribution in [2.24, 2.45) is 0 Å². The van der Waals surface area contributed by atoms with E-state index in [2.05, 4.69) is 5.32 Å². The van der Waals surface area contributed by atoms with Crippen LogP contribution in [-0.4, -0.2) is 30.1 Å². The zero-order valence-corrected chi connectivity index (χ0v) is 11.8. The first-order valence-electron chi connectivity index (χ1n) is 6.13. The quantitative estimate of drug-likeness (QED) is 0.758. The number of aliphatic carboxylic acids is 1. The number of hydrogen-bond donors (Lipinski definition) is 2. The molecule has 0 unspecified atom stereocenters. The van der Waals surface area contributed by atoms with Crippen LogP contribution in [0.4, 0.5) is 0 Å². The lowest BCUT2D eigenvalue weighted by atomic mass is 10.2. The van der Waals surface area contributed by atoms with E-state index in [1.165, 1.54) is 6.08 Å². The van der Waals surface area contributed by atoms with Crippen LogP contribution < -0.4 is 10.1 Å². The van der Waals surface area contributed by atoms with Crippen LogP contribution in [0.25, 0.3) is 6.08 Å². The zero-order chi connectivity index (χ0) is 15.0. The molecule has 0 aromatic heterocycles. The summed E-state index contributed by atoms with van der Waals surface area (Å²) in [6.07, 6.45) is 2.58. The summed E-state index contributed by atoms with van der Waals surface area (Å²) in [7, 11) is 0. The summed E-state index contributed by atoms with van der Waals surface area (Å²) in [6.45, 7) is 2.60. The highest BCUT2D eigenvalue weighted by atomic mass is 35.5. The maximum absolute atomic E-state index is 11.3. The molecule has 0 aliphatic heterocycles. The fourth-order valence-corrected chi connectivity index (χ4v) is 1.73. The molecule has 0 spiro atoms. The smallest absolute Gasteiger partial charge is 0.328 e. The van der Waals surface area contributed by atoms with E-state index in [4.69, 9.17) is 21.4 Å². The number of carbonyl (C=O) groups excluding carboxylic acids is 1. The van der Waals surface area contributed by atoms with Crippen LogP contribution >= 0.6 is 11.6 Å². The highest BCUT2D eigenvalue weighted by Gasteiger charge is 2.07. The van der Waals surface area contributed by atoms with Crippen molar-refractivity contribution in [3.05, 3.63) is 34.9 Å². The van der Waals surface area contributed by atoms with Crippen molar-refractivity contribution in [2.75, 3.05) is 13.2 Å². The first kappa shape index (κ1) is 16.0. The molecular formula is C14H16ClNO4. The Balaban J connectivity index is 2.72. The van der Waals surface area contributed by atoms with Gasteiger partial charge in [-0.1, -0.05) is 17.7 Å². The highest BCUT2D eigenvalue weighted by Crippen LogP contribution is 2.27. The lowest BCUT2D eigenvalue weighted by Crippen LogP contribution is -2.24. The molecular weight excluding hydrogens is 282 g/mol. The Morgan fingerprint density at radius 3 is 2.85 bits per heavy atom. The van der Waals surface area contributed by atoms with E-state index >= 15 is 0 Å². The molecule has 0 heterocycles. The maximum Gasteiger partial charge on any atom is 0.328 e. The van der Waals surface area contributed by atoms with Gasteiger partial charge in [-0.3, -0.25) is 4.79 Å². The van der Waals surface area contributed by atoms with Gasteiger partial charge in [0.1, 0.15) is 5.75 Å². The number of hydrogen-bond acceptors (Lipinski definition) is 3. The zero-order valence-electron chi connectivity index (χ0n) is 11.1. The Kier molecular flexibility index (Phi) is 6.59. The molecule has 108 valence electrons. The number of benzene rings is 1. The summed E-state index contributed by atoms with van der Waals surface area (Å²) in [4.78, 5) is 21.8. The number of amides is 1. The normalized spacial score (nSPS) is 10.5. The van der Waals surface area contributed by atoms with Crippen molar-refractivity contribution in [2.45, 2.75) is 13.3 Å². The van der Waals surface area contributed by atoms with Crippen molar-refractivity contribution in [1.29, 1.82) is 0 Å². The third-order valence-electron chi connectivity index (χ3n) is 2.37. The van der Waals surface area contributed by atoms with Gasteiger partial charge >= 0.3 is 5.97 Å². The summed E-state index contributed by atoms with van der Waals surface area (Å²) >= 11 is 6.00. The number of halogens is 1. The van der Waals surface area contributed by atoms with E-state index in [0.29, 0.717) is 22.9 Å². The maximum atomic E-state index is 11.3. The van der Waals surface area contributed by atoms with Crippen molar-refractivity contribution in [1.82, 2.24) is 5.32 Å². The third-order valence-corrected chi connectivity index (χ3v) is 2.70. The predicted molar refractivity (Wildman–Crippen MR) is 76.9 cm³/mol. The molecule has 2 N–H and O–H groups in total. The van der Waals surface area contributed by atoms with Crippen LogP contribution in [0, 0.1) is 0 Å². The molecule has 0 bridgehead atoms. The Morgan fingerprint density at radius 1 is 1.45 bits per heavy atom. The van der Waals surface area contributed by atoms with Gasteiger partial charge in [-0.25, -0.2) is 4.79 Å². The average Bonchev–Trinajstić information content (AvgIpc) is 2.38. The second-order valence-corrected chi connectivity index (χ2v) is 4.28. The van der Waals surface area contributed by atoms with Gasteiger partial charge in [-0.15, -0.1) is 0 Å². The number of rotatable bonds is 7. The second kappa shape index (κ2) is 8.22. The van der Waals surface area contributed by atoms with E-state index in [0.717, 1.165) is 6.08 Å². The van der Waals surface area contributed by atoms with Crippen molar-refractivity contribution in [3.8, 4) is 5.75 Å². The van der Waals surface area contributed by atoms with Gasteiger partial charge in [0.2, 0.25) is 5.91 Å². The molecule has 6 heteroatoms. The number of carboxylic acid groups (broad SMARTS) is 1. The summed E-state index contributed by atoms with van der Waals surface area (Å²) < 4.78 is 5.48. The van der Waals surface area contributed by atoms with Gasteiger partial charge in [0.25, 0.3) is 0 Å². The van der Waals surface area contributed by atoms with Gasteiger partial charge < -0.3 is 15.2 Å². The van der Waals surface area contributed by atoms with Crippen molar-refractivity contribution < 1.29 is 19.4 Å². The standard InChI is InChI=1S/C14H16ClNO4/c1-2-16-13(17)8-9-20-12-5-3-4-11(15)10(12)6-7-14(18)19/h3-7H,2,8-9H2,1H3,(H,16,17)(H,18,19)/b7-6+. The second-order valence-electron chi connectivity index (χ2n) is 3.88. The van der Waals surface area contributed by atoms with Crippen LogP contribution in [0.3, 0.4) is 0 Å². The summed E-state index contributed by atoms with van der Waals surface area (Å²) in [5.41, 5.74) is 0.479. The fraction of sp³-hybridized carbons (Fsp3) is 0.286. The Labute approximate surface area is 122 Å². The molecule has 0 saturated carbocycles. The molecule has 0 aliphatic carbocycles. The number of carboxylic acids is 1. The first-order valence-corrected chi connectivity index (χ1v) is 6.51.